The van der Waals surface area contributed by atoms with E-state index in [1.54, 1.807) is 36.3 Å². The number of nitrogens with one attached hydrogen (secondary N) is 1. The van der Waals surface area contributed by atoms with E-state index in [1.807, 2.05) is 17.9 Å². The average molecular weight is 489 g/mol. The number of hydrogen-bond donors (Lipinski definition) is 1. The van der Waals surface area contributed by atoms with Crippen molar-refractivity contribution in [2.75, 3.05) is 32.1 Å². The van der Waals surface area contributed by atoms with Gasteiger partial charge in [-0.1, -0.05) is 45.0 Å². The highest BCUT2D eigenvalue weighted by Crippen LogP contribution is 2.33. The number of fused-ring (bicyclic) bond motifs is 1. The molecule has 1 aromatic heterocycles. The summed E-state index contributed by atoms with van der Waals surface area (Å²) in [6, 6.07) is 19.4. The van der Waals surface area contributed by atoms with E-state index in [2.05, 4.69) is 60.3 Å². The molecule has 7 nitrogen and oxygen atoms in total. The molecule has 1 unspecified atom stereocenters. The summed E-state index contributed by atoms with van der Waals surface area (Å²) in [5.41, 5.74) is 4.11. The second-order valence-corrected chi connectivity index (χ2v) is 9.52. The highest BCUT2D eigenvalue weighted by atomic mass is 16.5. The van der Waals surface area contributed by atoms with Crippen molar-refractivity contribution in [1.82, 2.24) is 14.4 Å². The van der Waals surface area contributed by atoms with Gasteiger partial charge in [0.05, 0.1) is 13.2 Å². The lowest BCUT2D eigenvalue weighted by atomic mass is 9.95. The van der Waals surface area contributed by atoms with Crippen LogP contribution in [0.3, 0.4) is 0 Å². The number of carbonyl (C=O) groups is 2. The Balaban J connectivity index is 1.54. The van der Waals surface area contributed by atoms with Gasteiger partial charge in [-0.15, -0.1) is 0 Å². The maximum absolute atomic E-state index is 13.7. The van der Waals surface area contributed by atoms with E-state index in [9.17, 15) is 9.59 Å². The number of amides is 3. The molecular formula is C29H36N4O3. The molecule has 0 radical (unpaired) electrons. The van der Waals surface area contributed by atoms with Crippen molar-refractivity contribution >= 4 is 17.6 Å². The molecule has 0 bridgehead atoms. The van der Waals surface area contributed by atoms with Crippen LogP contribution in [0.5, 0.6) is 5.75 Å². The van der Waals surface area contributed by atoms with E-state index in [-0.39, 0.29) is 24.5 Å². The third-order valence-corrected chi connectivity index (χ3v) is 6.73. The van der Waals surface area contributed by atoms with Gasteiger partial charge in [-0.2, -0.15) is 0 Å². The molecule has 0 saturated heterocycles. The zero-order valence-electron chi connectivity index (χ0n) is 21.6. The van der Waals surface area contributed by atoms with Crippen molar-refractivity contribution in [2.45, 2.75) is 45.7 Å². The van der Waals surface area contributed by atoms with Crippen LogP contribution in [0.1, 0.15) is 56.0 Å². The Morgan fingerprint density at radius 2 is 1.78 bits per heavy atom. The Morgan fingerprint density at radius 3 is 2.42 bits per heavy atom. The van der Waals surface area contributed by atoms with Gasteiger partial charge in [0.25, 0.3) is 0 Å². The van der Waals surface area contributed by atoms with Crippen molar-refractivity contribution in [1.29, 1.82) is 0 Å². The van der Waals surface area contributed by atoms with E-state index < -0.39 is 0 Å². The highest BCUT2D eigenvalue weighted by molar-refractivity contribution is 5.92. The quantitative estimate of drug-likeness (QED) is 0.456. The normalized spacial score (nSPS) is 14.9. The summed E-state index contributed by atoms with van der Waals surface area (Å²) in [7, 11) is 1.60. The van der Waals surface area contributed by atoms with Crippen molar-refractivity contribution in [3.8, 4) is 5.75 Å². The van der Waals surface area contributed by atoms with Gasteiger partial charge >= 0.3 is 6.03 Å². The molecule has 3 amide bonds. The Kier molecular flexibility index (Phi) is 7.98. The zero-order chi connectivity index (χ0) is 25.7. The summed E-state index contributed by atoms with van der Waals surface area (Å²) >= 11 is 0. The summed E-state index contributed by atoms with van der Waals surface area (Å²) in [6.45, 7) is 8.21. The molecule has 1 atom stereocenters. The molecular weight excluding hydrogens is 452 g/mol. The van der Waals surface area contributed by atoms with Gasteiger partial charge in [0, 0.05) is 37.2 Å². The van der Waals surface area contributed by atoms with E-state index in [4.69, 9.17) is 4.74 Å². The first-order chi connectivity index (χ1) is 17.4. The van der Waals surface area contributed by atoms with Gasteiger partial charge in [-0.3, -0.25) is 4.79 Å². The molecule has 3 aromatic rings. The number of methoxy groups -OCH3 is 1. The maximum atomic E-state index is 13.7. The minimum atomic E-state index is -0.284. The van der Waals surface area contributed by atoms with E-state index in [0.717, 1.165) is 30.0 Å². The Morgan fingerprint density at radius 1 is 1.06 bits per heavy atom. The summed E-state index contributed by atoms with van der Waals surface area (Å²) in [6.07, 6.45) is 2.82. The molecule has 190 valence electrons. The molecule has 1 aliphatic rings. The number of rotatable bonds is 8. The topological polar surface area (TPSA) is 66.8 Å². The molecule has 0 spiro atoms. The molecule has 1 aliphatic heterocycles. The lowest BCUT2D eigenvalue weighted by Gasteiger charge is -2.38. The number of urea groups is 1. The van der Waals surface area contributed by atoms with E-state index >= 15 is 0 Å². The van der Waals surface area contributed by atoms with Gasteiger partial charge in [-0.25, -0.2) is 4.79 Å². The lowest BCUT2D eigenvalue weighted by molar-refractivity contribution is -0.134. The van der Waals surface area contributed by atoms with Crippen LogP contribution in [0, 0.1) is 0 Å². The first kappa shape index (κ1) is 25.4. The number of ether oxygens (including phenoxy) is 1. The average Bonchev–Trinajstić information content (AvgIpc) is 3.37. The van der Waals surface area contributed by atoms with Crippen molar-refractivity contribution in [2.24, 2.45) is 0 Å². The molecule has 4 rings (SSSR count). The van der Waals surface area contributed by atoms with Gasteiger partial charge in [0.15, 0.2) is 0 Å². The fourth-order valence-corrected chi connectivity index (χ4v) is 4.72. The van der Waals surface area contributed by atoms with E-state index in [1.165, 1.54) is 5.56 Å². The molecule has 1 N–H and O–H groups in total. The number of hydrogen-bond acceptors (Lipinski definition) is 3. The van der Waals surface area contributed by atoms with Crippen LogP contribution in [-0.2, 0) is 11.3 Å². The Labute approximate surface area is 213 Å². The first-order valence-electron chi connectivity index (χ1n) is 12.7. The van der Waals surface area contributed by atoms with Gasteiger partial charge in [-0.05, 0) is 59.9 Å². The SMILES string of the molecule is CCCN(CC(=O)N1CCn2cccc2C1c1ccc(C(C)C)cc1)C(=O)Nc1ccc(OC)cc1. The third-order valence-electron chi connectivity index (χ3n) is 6.73. The number of anilines is 1. The molecule has 2 aromatic carbocycles. The Bertz CT molecular complexity index is 1170. The second-order valence-electron chi connectivity index (χ2n) is 9.52. The predicted molar refractivity (Wildman–Crippen MR) is 142 cm³/mol. The van der Waals surface area contributed by atoms with Crippen molar-refractivity contribution in [3.63, 3.8) is 0 Å². The Hall–Kier alpha value is -3.74. The van der Waals surface area contributed by atoms with Crippen molar-refractivity contribution < 1.29 is 14.3 Å². The number of nitrogens with zero attached hydrogens (tertiary/aromatic N) is 3. The van der Waals surface area contributed by atoms with Gasteiger partial charge in [0.1, 0.15) is 12.3 Å². The maximum Gasteiger partial charge on any atom is 0.322 e. The van der Waals surface area contributed by atoms with Crippen LogP contribution >= 0.6 is 0 Å². The van der Waals surface area contributed by atoms with Crippen LogP contribution in [-0.4, -0.2) is 53.0 Å². The number of aromatic nitrogens is 1. The minimum Gasteiger partial charge on any atom is -0.497 e. The monoisotopic (exact) mass is 488 g/mol. The molecule has 0 saturated carbocycles. The highest BCUT2D eigenvalue weighted by Gasteiger charge is 2.33. The molecule has 0 aliphatic carbocycles. The first-order valence-corrected chi connectivity index (χ1v) is 12.7. The largest absolute Gasteiger partial charge is 0.497 e. The van der Waals surface area contributed by atoms with Crippen LogP contribution in [0.25, 0.3) is 0 Å². The third kappa shape index (κ3) is 5.56. The van der Waals surface area contributed by atoms with Crippen LogP contribution < -0.4 is 10.1 Å². The smallest absolute Gasteiger partial charge is 0.322 e. The predicted octanol–water partition coefficient (Wildman–Crippen LogP) is 5.50. The molecule has 2 heterocycles. The summed E-state index contributed by atoms with van der Waals surface area (Å²) < 4.78 is 7.40. The van der Waals surface area contributed by atoms with E-state index in [0.29, 0.717) is 24.7 Å². The van der Waals surface area contributed by atoms with Crippen molar-refractivity contribution in [3.05, 3.63) is 83.7 Å². The summed E-state index contributed by atoms with van der Waals surface area (Å²) in [5, 5.41) is 2.91. The summed E-state index contributed by atoms with van der Waals surface area (Å²) in [5.74, 6) is 1.11. The molecule has 0 fully saturated rings. The zero-order valence-corrected chi connectivity index (χ0v) is 21.6. The van der Waals surface area contributed by atoms with Gasteiger partial charge < -0.3 is 24.4 Å². The minimum absolute atomic E-state index is 0.0249. The molecule has 7 heteroatoms. The number of benzene rings is 2. The fraction of sp³-hybridized carbons (Fsp3) is 0.379. The van der Waals surface area contributed by atoms with Crippen LogP contribution in [0.15, 0.2) is 66.9 Å². The van der Waals surface area contributed by atoms with Crippen LogP contribution in [0.4, 0.5) is 10.5 Å². The fourth-order valence-electron chi connectivity index (χ4n) is 4.72. The van der Waals surface area contributed by atoms with Gasteiger partial charge in [0.2, 0.25) is 5.91 Å². The standard InChI is InChI=1S/C29H36N4O3/c1-5-16-32(29(35)30-24-12-14-25(36-4)15-13-24)20-27(34)33-19-18-31-17-6-7-26(31)28(33)23-10-8-22(9-11-23)21(2)3/h6-15,17,21,28H,5,16,18-20H2,1-4H3,(H,30,35). The summed E-state index contributed by atoms with van der Waals surface area (Å²) in [4.78, 5) is 30.3. The van der Waals surface area contributed by atoms with Crippen LogP contribution in [0.2, 0.25) is 0 Å². The molecule has 36 heavy (non-hydrogen) atoms. The number of carbonyl (C=O) groups excluding carboxylic acids is 2. The lowest BCUT2D eigenvalue weighted by Crippen LogP contribution is -2.48. The second kappa shape index (κ2) is 11.3.